The molecule has 0 spiro atoms. The van der Waals surface area contributed by atoms with Crippen LogP contribution in [0.25, 0.3) is 0 Å². The van der Waals surface area contributed by atoms with Gasteiger partial charge in [0.2, 0.25) is 0 Å². The molecule has 17 heavy (non-hydrogen) atoms. The molecule has 1 unspecified atom stereocenters. The molecule has 1 aromatic rings. The Labute approximate surface area is 102 Å². The second kappa shape index (κ2) is 5.06. The van der Waals surface area contributed by atoms with Gasteiger partial charge in [-0.2, -0.15) is 0 Å². The van der Waals surface area contributed by atoms with E-state index in [1.165, 1.54) is 12.7 Å². The lowest BCUT2D eigenvalue weighted by molar-refractivity contribution is 0.276. The van der Waals surface area contributed by atoms with Gasteiger partial charge in [-0.1, -0.05) is 6.07 Å². The summed E-state index contributed by atoms with van der Waals surface area (Å²) < 4.78 is 28.4. The van der Waals surface area contributed by atoms with E-state index in [1.807, 2.05) is 0 Å². The molecule has 1 heterocycles. The van der Waals surface area contributed by atoms with Crippen molar-refractivity contribution in [1.29, 1.82) is 0 Å². The highest BCUT2D eigenvalue weighted by Gasteiger charge is 2.15. The van der Waals surface area contributed by atoms with Crippen LogP contribution in [0.3, 0.4) is 0 Å². The molecule has 0 aliphatic carbocycles. The van der Waals surface area contributed by atoms with Crippen LogP contribution in [0.4, 0.5) is 0 Å². The van der Waals surface area contributed by atoms with E-state index in [-0.39, 0.29) is 0 Å². The van der Waals surface area contributed by atoms with Crippen LogP contribution in [0.5, 0.6) is 5.75 Å². The highest BCUT2D eigenvalue weighted by molar-refractivity contribution is 7.90. The zero-order valence-corrected chi connectivity index (χ0v) is 10.7. The number of ether oxygens (including phenoxy) is 1. The fourth-order valence-electron chi connectivity index (χ4n) is 1.89. The minimum Gasteiger partial charge on any atom is -0.492 e. The fourth-order valence-corrected chi connectivity index (χ4v) is 2.55. The summed E-state index contributed by atoms with van der Waals surface area (Å²) in [7, 11) is -3.16. The molecule has 0 saturated carbocycles. The molecule has 0 radical (unpaired) electrons. The Bertz CT molecular complexity index is 478. The third-order valence-corrected chi connectivity index (χ3v) is 3.96. The van der Waals surface area contributed by atoms with Crippen LogP contribution in [-0.4, -0.2) is 33.9 Å². The van der Waals surface area contributed by atoms with Crippen molar-refractivity contribution in [3.8, 4) is 5.75 Å². The summed E-state index contributed by atoms with van der Waals surface area (Å²) in [5.74, 6) is 0.613. The largest absolute Gasteiger partial charge is 0.492 e. The monoisotopic (exact) mass is 255 g/mol. The minimum atomic E-state index is -3.16. The summed E-state index contributed by atoms with van der Waals surface area (Å²) in [5.41, 5.74) is 0. The summed E-state index contributed by atoms with van der Waals surface area (Å²) in [4.78, 5) is 0.300. The Balaban J connectivity index is 2.01. The Hall–Kier alpha value is -1.07. The van der Waals surface area contributed by atoms with Crippen molar-refractivity contribution in [2.45, 2.75) is 23.8 Å². The molecule has 1 aromatic carbocycles. The van der Waals surface area contributed by atoms with Gasteiger partial charge in [0.25, 0.3) is 0 Å². The number of benzene rings is 1. The number of hydrogen-bond acceptors (Lipinski definition) is 4. The quantitative estimate of drug-likeness (QED) is 0.879. The van der Waals surface area contributed by atoms with E-state index in [4.69, 9.17) is 4.74 Å². The van der Waals surface area contributed by atoms with Crippen LogP contribution in [0.2, 0.25) is 0 Å². The zero-order chi connectivity index (χ0) is 12.3. The lowest BCUT2D eigenvalue weighted by atomic mass is 10.2. The number of sulfone groups is 1. The van der Waals surface area contributed by atoms with Gasteiger partial charge in [-0.3, -0.25) is 0 Å². The predicted molar refractivity (Wildman–Crippen MR) is 66.1 cm³/mol. The Kier molecular flexibility index (Phi) is 3.69. The molecular formula is C12H17NO3S. The molecule has 1 atom stereocenters. The Morgan fingerprint density at radius 2 is 2.29 bits per heavy atom. The molecule has 0 amide bonds. The van der Waals surface area contributed by atoms with Crippen LogP contribution in [0, 0.1) is 0 Å². The zero-order valence-electron chi connectivity index (χ0n) is 9.85. The van der Waals surface area contributed by atoms with Crippen LogP contribution in [0.1, 0.15) is 12.8 Å². The summed E-state index contributed by atoms with van der Waals surface area (Å²) in [6.45, 7) is 1.63. The number of rotatable bonds is 4. The van der Waals surface area contributed by atoms with Crippen LogP contribution in [-0.2, 0) is 9.84 Å². The van der Waals surface area contributed by atoms with Crippen molar-refractivity contribution >= 4 is 9.84 Å². The highest BCUT2D eigenvalue weighted by Crippen LogP contribution is 2.18. The smallest absolute Gasteiger partial charge is 0.175 e. The van der Waals surface area contributed by atoms with E-state index in [2.05, 4.69) is 5.32 Å². The van der Waals surface area contributed by atoms with E-state index >= 15 is 0 Å². The summed E-state index contributed by atoms with van der Waals surface area (Å²) in [6, 6.07) is 7.02. The molecule has 1 N–H and O–H groups in total. The van der Waals surface area contributed by atoms with Gasteiger partial charge in [0.05, 0.1) is 4.90 Å². The van der Waals surface area contributed by atoms with Crippen molar-refractivity contribution in [2.75, 3.05) is 19.4 Å². The van der Waals surface area contributed by atoms with Crippen molar-refractivity contribution in [1.82, 2.24) is 5.32 Å². The number of nitrogens with one attached hydrogen (secondary N) is 1. The molecule has 0 bridgehead atoms. The molecule has 0 aromatic heterocycles. The van der Waals surface area contributed by atoms with E-state index < -0.39 is 9.84 Å². The van der Waals surface area contributed by atoms with Gasteiger partial charge in [0.1, 0.15) is 12.4 Å². The maximum absolute atomic E-state index is 11.4. The van der Waals surface area contributed by atoms with E-state index in [9.17, 15) is 8.42 Å². The minimum absolute atomic E-state index is 0.300. The number of hydrogen-bond donors (Lipinski definition) is 1. The van der Waals surface area contributed by atoms with E-state index in [0.29, 0.717) is 23.3 Å². The normalized spacial score (nSPS) is 20.4. The highest BCUT2D eigenvalue weighted by atomic mass is 32.2. The molecule has 1 saturated heterocycles. The standard InChI is InChI=1S/C12H17NO3S/c1-17(14,15)12-6-2-5-11(8-12)16-9-10-4-3-7-13-10/h2,5-6,8,10,13H,3-4,7,9H2,1H3. The molecule has 4 nitrogen and oxygen atoms in total. The van der Waals surface area contributed by atoms with Gasteiger partial charge in [-0.25, -0.2) is 8.42 Å². The molecule has 2 rings (SSSR count). The van der Waals surface area contributed by atoms with Crippen LogP contribution in [0.15, 0.2) is 29.2 Å². The van der Waals surface area contributed by atoms with Crippen molar-refractivity contribution in [3.05, 3.63) is 24.3 Å². The second-order valence-corrected chi connectivity index (χ2v) is 6.37. The van der Waals surface area contributed by atoms with Gasteiger partial charge in [0, 0.05) is 12.3 Å². The van der Waals surface area contributed by atoms with Crippen molar-refractivity contribution < 1.29 is 13.2 Å². The molecule has 1 aliphatic heterocycles. The Morgan fingerprint density at radius 1 is 1.47 bits per heavy atom. The lowest BCUT2D eigenvalue weighted by Gasteiger charge is -2.12. The van der Waals surface area contributed by atoms with Gasteiger partial charge < -0.3 is 10.1 Å². The maximum atomic E-state index is 11.4. The van der Waals surface area contributed by atoms with Gasteiger partial charge in [-0.05, 0) is 37.6 Å². The lowest BCUT2D eigenvalue weighted by Crippen LogP contribution is -2.28. The summed E-state index contributed by atoms with van der Waals surface area (Å²) >= 11 is 0. The van der Waals surface area contributed by atoms with Crippen LogP contribution >= 0.6 is 0 Å². The first-order chi connectivity index (χ1) is 8.05. The SMILES string of the molecule is CS(=O)(=O)c1cccc(OCC2CCCN2)c1. The maximum Gasteiger partial charge on any atom is 0.175 e. The molecular weight excluding hydrogens is 238 g/mol. The third-order valence-electron chi connectivity index (χ3n) is 2.85. The summed E-state index contributed by atoms with van der Waals surface area (Å²) in [6.07, 6.45) is 3.49. The average Bonchev–Trinajstić information content (AvgIpc) is 2.78. The molecule has 1 aliphatic rings. The third kappa shape index (κ3) is 3.44. The second-order valence-electron chi connectivity index (χ2n) is 4.35. The fraction of sp³-hybridized carbons (Fsp3) is 0.500. The first kappa shape index (κ1) is 12.4. The van der Waals surface area contributed by atoms with Crippen molar-refractivity contribution in [2.24, 2.45) is 0 Å². The van der Waals surface area contributed by atoms with E-state index in [1.54, 1.807) is 24.3 Å². The summed E-state index contributed by atoms with van der Waals surface area (Å²) in [5, 5.41) is 3.33. The van der Waals surface area contributed by atoms with Crippen LogP contribution < -0.4 is 10.1 Å². The first-order valence-corrected chi connectivity index (χ1v) is 7.61. The van der Waals surface area contributed by atoms with E-state index in [0.717, 1.165) is 13.0 Å². The molecule has 94 valence electrons. The average molecular weight is 255 g/mol. The predicted octanol–water partition coefficient (Wildman–Crippen LogP) is 1.22. The van der Waals surface area contributed by atoms with Gasteiger partial charge >= 0.3 is 0 Å². The van der Waals surface area contributed by atoms with Crippen molar-refractivity contribution in [3.63, 3.8) is 0 Å². The topological polar surface area (TPSA) is 55.4 Å². The Morgan fingerprint density at radius 3 is 2.94 bits per heavy atom. The van der Waals surface area contributed by atoms with Gasteiger partial charge in [-0.15, -0.1) is 0 Å². The molecule has 5 heteroatoms. The molecule has 1 fully saturated rings. The van der Waals surface area contributed by atoms with Gasteiger partial charge in [0.15, 0.2) is 9.84 Å². The first-order valence-electron chi connectivity index (χ1n) is 5.72.